The third kappa shape index (κ3) is 2.53. The molecule has 1 aromatic carbocycles. The van der Waals surface area contributed by atoms with Crippen LogP contribution in [0.15, 0.2) is 24.4 Å². The quantitative estimate of drug-likeness (QED) is 0.901. The summed E-state index contributed by atoms with van der Waals surface area (Å²) in [6.45, 7) is 3.84. The predicted octanol–water partition coefficient (Wildman–Crippen LogP) is 3.54. The van der Waals surface area contributed by atoms with Gasteiger partial charge in [0.15, 0.2) is 0 Å². The lowest BCUT2D eigenvalue weighted by atomic mass is 10.1. The monoisotopic (exact) mass is 250 g/mol. The molecule has 0 fully saturated rings. The molecule has 0 bridgehead atoms. The first-order chi connectivity index (χ1) is 8.11. The molecule has 1 N–H and O–H groups in total. The van der Waals surface area contributed by atoms with E-state index < -0.39 is 0 Å². The Hall–Kier alpha value is -1.26. The van der Waals surface area contributed by atoms with E-state index in [0.29, 0.717) is 5.56 Å². The zero-order chi connectivity index (χ0) is 12.4. The summed E-state index contributed by atoms with van der Waals surface area (Å²) < 4.78 is 13.5. The molecule has 0 aliphatic heterocycles. The largest absolute Gasteiger partial charge is 0.312 e. The molecule has 2 nitrogen and oxygen atoms in total. The number of nitrogens with one attached hydrogen (secondary N) is 1. The number of thiazole rings is 1. The molecule has 1 unspecified atom stereocenters. The van der Waals surface area contributed by atoms with Gasteiger partial charge in [-0.15, -0.1) is 11.3 Å². The Balaban J connectivity index is 2.33. The Morgan fingerprint density at radius 2 is 2.18 bits per heavy atom. The van der Waals surface area contributed by atoms with E-state index in [1.165, 1.54) is 0 Å². The second kappa shape index (κ2) is 4.94. The van der Waals surface area contributed by atoms with E-state index in [2.05, 4.69) is 17.2 Å². The number of benzene rings is 1. The highest BCUT2D eigenvalue weighted by Gasteiger charge is 2.10. The fourth-order valence-electron chi connectivity index (χ4n) is 1.49. The molecule has 0 radical (unpaired) electrons. The Bertz CT molecular complexity index is 522. The van der Waals surface area contributed by atoms with E-state index in [-0.39, 0.29) is 11.9 Å². The van der Waals surface area contributed by atoms with Crippen LogP contribution in [0.3, 0.4) is 0 Å². The zero-order valence-corrected chi connectivity index (χ0v) is 10.9. The van der Waals surface area contributed by atoms with Gasteiger partial charge in [0.25, 0.3) is 0 Å². The molecule has 2 rings (SSSR count). The van der Waals surface area contributed by atoms with Gasteiger partial charge in [-0.25, -0.2) is 9.37 Å². The van der Waals surface area contributed by atoms with Gasteiger partial charge in [0.05, 0.1) is 0 Å². The van der Waals surface area contributed by atoms with Crippen LogP contribution in [0, 0.1) is 12.7 Å². The summed E-state index contributed by atoms with van der Waals surface area (Å²) in [6, 6.07) is 5.51. The molecule has 1 atom stereocenters. The topological polar surface area (TPSA) is 24.9 Å². The normalized spacial score (nSPS) is 12.7. The molecular weight excluding hydrogens is 235 g/mol. The number of hydrogen-bond donors (Lipinski definition) is 1. The summed E-state index contributed by atoms with van der Waals surface area (Å²) in [5.74, 6) is -0.180. The van der Waals surface area contributed by atoms with Crippen LogP contribution >= 0.6 is 11.3 Å². The van der Waals surface area contributed by atoms with Gasteiger partial charge in [0.2, 0.25) is 0 Å². The minimum Gasteiger partial charge on any atom is -0.312 e. The van der Waals surface area contributed by atoms with Gasteiger partial charge >= 0.3 is 0 Å². The van der Waals surface area contributed by atoms with Crippen molar-refractivity contribution in [2.45, 2.75) is 19.9 Å². The molecule has 17 heavy (non-hydrogen) atoms. The van der Waals surface area contributed by atoms with E-state index in [1.807, 2.05) is 19.3 Å². The first-order valence-electron chi connectivity index (χ1n) is 5.51. The highest BCUT2D eigenvalue weighted by atomic mass is 32.1. The van der Waals surface area contributed by atoms with E-state index in [4.69, 9.17) is 0 Å². The van der Waals surface area contributed by atoms with Crippen LogP contribution in [0.1, 0.15) is 23.4 Å². The highest BCUT2D eigenvalue weighted by molar-refractivity contribution is 7.15. The molecular formula is C13H15FN2S. The second-order valence-electron chi connectivity index (χ2n) is 4.04. The summed E-state index contributed by atoms with van der Waals surface area (Å²) in [4.78, 5) is 5.49. The maximum absolute atomic E-state index is 13.5. The molecule has 0 amide bonds. The van der Waals surface area contributed by atoms with Gasteiger partial charge in [0.1, 0.15) is 10.8 Å². The van der Waals surface area contributed by atoms with Gasteiger partial charge in [-0.2, -0.15) is 0 Å². The Morgan fingerprint density at radius 1 is 1.41 bits per heavy atom. The first kappa shape index (κ1) is 12.2. The van der Waals surface area contributed by atoms with Crippen LogP contribution in [0.4, 0.5) is 4.39 Å². The smallest absolute Gasteiger partial charge is 0.126 e. The van der Waals surface area contributed by atoms with Crippen molar-refractivity contribution in [2.75, 3.05) is 7.05 Å². The highest BCUT2D eigenvalue weighted by Crippen LogP contribution is 2.29. The van der Waals surface area contributed by atoms with Crippen molar-refractivity contribution in [3.05, 3.63) is 40.7 Å². The van der Waals surface area contributed by atoms with Crippen LogP contribution in [0.2, 0.25) is 0 Å². The van der Waals surface area contributed by atoms with Crippen LogP contribution in [-0.4, -0.2) is 12.0 Å². The summed E-state index contributed by atoms with van der Waals surface area (Å²) in [5, 5.41) is 4.02. The Labute approximate surface area is 105 Å². The summed E-state index contributed by atoms with van der Waals surface area (Å²) in [7, 11) is 1.91. The van der Waals surface area contributed by atoms with E-state index >= 15 is 0 Å². The summed E-state index contributed by atoms with van der Waals surface area (Å²) in [6.07, 6.45) is 1.85. The van der Waals surface area contributed by atoms with Crippen molar-refractivity contribution in [1.29, 1.82) is 0 Å². The number of hydrogen-bond acceptors (Lipinski definition) is 3. The van der Waals surface area contributed by atoms with Crippen molar-refractivity contribution in [3.63, 3.8) is 0 Å². The third-order valence-corrected chi connectivity index (χ3v) is 4.03. The molecule has 0 spiro atoms. The number of nitrogens with zero attached hydrogens (tertiary/aromatic N) is 1. The predicted molar refractivity (Wildman–Crippen MR) is 69.7 cm³/mol. The van der Waals surface area contributed by atoms with E-state index in [0.717, 1.165) is 15.4 Å². The van der Waals surface area contributed by atoms with Crippen LogP contribution in [-0.2, 0) is 0 Å². The molecule has 1 aromatic heterocycles. The third-order valence-electron chi connectivity index (χ3n) is 2.80. The molecule has 4 heteroatoms. The van der Waals surface area contributed by atoms with E-state index in [9.17, 15) is 4.39 Å². The lowest BCUT2D eigenvalue weighted by Gasteiger charge is -2.04. The van der Waals surface area contributed by atoms with Gasteiger partial charge in [0, 0.05) is 22.7 Å². The summed E-state index contributed by atoms with van der Waals surface area (Å²) >= 11 is 1.59. The fraction of sp³-hybridized carbons (Fsp3) is 0.308. The van der Waals surface area contributed by atoms with Crippen LogP contribution < -0.4 is 5.32 Å². The van der Waals surface area contributed by atoms with Crippen molar-refractivity contribution in [3.8, 4) is 10.6 Å². The number of halogens is 1. The molecule has 0 aliphatic rings. The van der Waals surface area contributed by atoms with Crippen LogP contribution in [0.5, 0.6) is 0 Å². The lowest BCUT2D eigenvalue weighted by molar-refractivity contribution is 0.619. The number of aromatic nitrogens is 1. The number of aryl methyl sites for hydroxylation is 1. The minimum atomic E-state index is -0.180. The van der Waals surface area contributed by atoms with Gasteiger partial charge in [-0.1, -0.05) is 12.1 Å². The van der Waals surface area contributed by atoms with E-state index in [1.54, 1.807) is 30.4 Å². The van der Waals surface area contributed by atoms with Gasteiger partial charge < -0.3 is 5.32 Å². The fourth-order valence-corrected chi connectivity index (χ4v) is 2.46. The van der Waals surface area contributed by atoms with Crippen molar-refractivity contribution >= 4 is 11.3 Å². The maximum Gasteiger partial charge on any atom is 0.126 e. The Kier molecular flexibility index (Phi) is 3.54. The molecule has 0 saturated carbocycles. The molecule has 90 valence electrons. The molecule has 2 aromatic rings. The van der Waals surface area contributed by atoms with Crippen molar-refractivity contribution < 1.29 is 4.39 Å². The van der Waals surface area contributed by atoms with Gasteiger partial charge in [-0.05, 0) is 32.5 Å². The second-order valence-corrected chi connectivity index (χ2v) is 5.10. The molecule has 0 aliphatic carbocycles. The first-order valence-corrected chi connectivity index (χ1v) is 6.33. The molecule has 1 heterocycles. The summed E-state index contributed by atoms with van der Waals surface area (Å²) in [5.41, 5.74) is 1.50. The lowest BCUT2D eigenvalue weighted by Crippen LogP contribution is -2.10. The molecule has 0 saturated heterocycles. The minimum absolute atomic E-state index is 0.180. The van der Waals surface area contributed by atoms with Gasteiger partial charge in [-0.3, -0.25) is 0 Å². The average Bonchev–Trinajstić information content (AvgIpc) is 2.81. The average molecular weight is 250 g/mol. The van der Waals surface area contributed by atoms with Crippen molar-refractivity contribution in [2.24, 2.45) is 0 Å². The van der Waals surface area contributed by atoms with Crippen molar-refractivity contribution in [1.82, 2.24) is 10.3 Å². The SMILES string of the molecule is CNC(C)c1cnc(-c2ccc(C)c(F)c2)s1. The van der Waals surface area contributed by atoms with Crippen LogP contribution in [0.25, 0.3) is 10.6 Å². The maximum atomic E-state index is 13.5. The zero-order valence-electron chi connectivity index (χ0n) is 10.1. The number of rotatable bonds is 3. The standard InChI is InChI=1S/C13H15FN2S/c1-8-4-5-10(6-11(8)14)13-16-7-12(17-13)9(2)15-3/h4-7,9,15H,1-3H3. The Morgan fingerprint density at radius 3 is 2.82 bits per heavy atom.